The zero-order chi connectivity index (χ0) is 50.6. The summed E-state index contributed by atoms with van der Waals surface area (Å²) in [5.41, 5.74) is 6.08. The molecule has 0 aromatic heterocycles. The number of carbonyl (C=O) groups excluding carboxylic acids is 2. The molecule has 0 aliphatic carbocycles. The zero-order valence-electron chi connectivity index (χ0n) is 40.0. The van der Waals surface area contributed by atoms with E-state index in [9.17, 15) is 60.7 Å². The van der Waals surface area contributed by atoms with Crippen LogP contribution in [-0.4, -0.2) is 167 Å². The van der Waals surface area contributed by atoms with Crippen LogP contribution in [0.1, 0.15) is 92.4 Å². The highest BCUT2D eigenvalue weighted by Crippen LogP contribution is 2.38. The Labute approximate surface area is 400 Å². The van der Waals surface area contributed by atoms with E-state index < -0.39 is 147 Å². The smallest absolute Gasteiger partial charge is 0.314 e. The van der Waals surface area contributed by atoms with Crippen LogP contribution in [0, 0.1) is 17.8 Å². The van der Waals surface area contributed by atoms with Crippen molar-refractivity contribution >= 4 is 11.9 Å². The molecule has 2 bridgehead atoms. The maximum atomic E-state index is 13.4. The molecular weight excluding hydrogens is 887 g/mol. The molecule has 18 nitrogen and oxygen atoms in total. The third kappa shape index (κ3) is 19.8. The minimum Gasteiger partial charge on any atom is -0.465 e. The molecule has 12 N–H and O–H groups in total. The van der Waals surface area contributed by atoms with E-state index in [2.05, 4.69) is 0 Å². The van der Waals surface area contributed by atoms with Gasteiger partial charge in [0.15, 0.2) is 12.1 Å². The van der Waals surface area contributed by atoms with Crippen LogP contribution >= 0.6 is 0 Å². The molecule has 19 atom stereocenters. The van der Waals surface area contributed by atoms with Gasteiger partial charge in [0.1, 0.15) is 18.1 Å². The molecule has 2 saturated heterocycles. The predicted molar refractivity (Wildman–Crippen MR) is 251 cm³/mol. The lowest BCUT2D eigenvalue weighted by Crippen LogP contribution is -2.61. The van der Waals surface area contributed by atoms with Crippen molar-refractivity contribution in [2.75, 3.05) is 6.61 Å². The fourth-order valence-corrected chi connectivity index (χ4v) is 8.25. The normalized spacial score (nSPS) is 44.0. The number of carbonyl (C=O) groups is 2. The molecule has 3 aliphatic heterocycles. The molecule has 386 valence electrons. The number of aliphatic hydroxyl groups excluding tert-OH is 9. The zero-order valence-corrected chi connectivity index (χ0v) is 40.0. The van der Waals surface area contributed by atoms with Gasteiger partial charge in [0, 0.05) is 37.5 Å². The SMILES string of the molecule is CCCOC(=O)[C@H]1[C@@H]2C[C@@H](O[C@@H]3O[C@H](C)[C@@H](O)[C@H](N)[C@@H]3O)/C=C/C=C/C=C/C=C/C=C/C=C/C=C/[C@H](C)[C@@H](O)[C@@H](C)[C@H](C)OC(=O)C[C@H](O)C[C@H](O)CC[C@@H](O)[C@H](O)C[C@H](O)C[C@](O)(C[C@@H]1O)O2. The molecule has 0 spiro atoms. The number of hydrogen-bond acceptors (Lipinski definition) is 18. The van der Waals surface area contributed by atoms with Crippen molar-refractivity contribution < 1.29 is 84.3 Å². The van der Waals surface area contributed by atoms with E-state index in [1.807, 2.05) is 43.4 Å². The van der Waals surface area contributed by atoms with Gasteiger partial charge in [-0.05, 0) is 39.5 Å². The Morgan fingerprint density at radius 1 is 0.691 bits per heavy atom. The third-order valence-corrected chi connectivity index (χ3v) is 12.5. The van der Waals surface area contributed by atoms with Gasteiger partial charge in [-0.2, -0.15) is 0 Å². The van der Waals surface area contributed by atoms with Gasteiger partial charge < -0.3 is 80.5 Å². The summed E-state index contributed by atoms with van der Waals surface area (Å²) in [6, 6.07) is -1.13. The lowest BCUT2D eigenvalue weighted by atomic mass is 9.82. The average molecular weight is 966 g/mol. The molecular formula is C50H79NO17. The summed E-state index contributed by atoms with van der Waals surface area (Å²) in [7, 11) is 0. The first kappa shape index (κ1) is 58.9. The molecule has 0 aromatic rings. The second-order valence-electron chi connectivity index (χ2n) is 18.4. The minimum atomic E-state index is -2.27. The second-order valence-corrected chi connectivity index (χ2v) is 18.4. The van der Waals surface area contributed by atoms with Crippen molar-refractivity contribution in [1.82, 2.24) is 0 Å². The van der Waals surface area contributed by atoms with Gasteiger partial charge in [-0.25, -0.2) is 0 Å². The van der Waals surface area contributed by atoms with E-state index in [0.717, 1.165) is 0 Å². The first-order valence-electron chi connectivity index (χ1n) is 23.8. The van der Waals surface area contributed by atoms with Crippen LogP contribution in [0.15, 0.2) is 85.1 Å². The van der Waals surface area contributed by atoms with Crippen molar-refractivity contribution in [3.05, 3.63) is 85.1 Å². The van der Waals surface area contributed by atoms with E-state index in [4.69, 9.17) is 29.4 Å². The summed E-state index contributed by atoms with van der Waals surface area (Å²) in [4.78, 5) is 26.1. The van der Waals surface area contributed by atoms with Crippen LogP contribution in [0.5, 0.6) is 0 Å². The highest BCUT2D eigenvalue weighted by Gasteiger charge is 2.51. The van der Waals surface area contributed by atoms with Crippen molar-refractivity contribution in [3.8, 4) is 0 Å². The Balaban J connectivity index is 1.91. The number of rotatable bonds is 5. The molecule has 3 heterocycles. The summed E-state index contributed by atoms with van der Waals surface area (Å²) in [5.74, 6) is -5.88. The standard InChI is InChI=1S/C50H79NO17/c1-6-23-64-48(62)43-40(57)29-50(63)28-36(54)25-39(56)38(55)22-21-34(52)24-35(53)26-42(58)65-32(4)31(3)45(59)30(2)19-17-15-13-11-9-7-8-10-12-14-16-18-20-37(27-41(43)68-50)67-49-47(61)44(51)46(60)33(5)66-49/h7-20,30-41,43-47,49,52-57,59-61,63H,6,21-29,51H2,1-5H3/b8-7+,11-9+,12-10+,15-13+,16-14+,19-17+,20-18+/t30-,31-,32-,33+,34+,35+,36-,37-,38+,39+,40-,41-,43+,44-,45+,46+,47-,49-,50+/m0/s1. The first-order valence-corrected chi connectivity index (χ1v) is 23.8. The number of nitrogens with two attached hydrogens (primary N) is 1. The lowest BCUT2D eigenvalue weighted by molar-refractivity contribution is -0.309. The van der Waals surface area contributed by atoms with Gasteiger partial charge in [-0.1, -0.05) is 106 Å². The lowest BCUT2D eigenvalue weighted by Gasteiger charge is -2.45. The number of hydrogen-bond donors (Lipinski definition) is 11. The Morgan fingerprint density at radius 3 is 1.88 bits per heavy atom. The van der Waals surface area contributed by atoms with Gasteiger partial charge in [0.25, 0.3) is 0 Å². The molecule has 3 aliphatic rings. The Hall–Kier alpha value is -3.44. The molecule has 2 fully saturated rings. The number of esters is 2. The molecule has 18 heteroatoms. The van der Waals surface area contributed by atoms with Crippen LogP contribution in [-0.2, 0) is 33.3 Å². The van der Waals surface area contributed by atoms with Gasteiger partial charge in [0.2, 0.25) is 0 Å². The third-order valence-electron chi connectivity index (χ3n) is 12.5. The summed E-state index contributed by atoms with van der Waals surface area (Å²) in [6.45, 7) is 8.61. The van der Waals surface area contributed by atoms with Crippen LogP contribution < -0.4 is 5.73 Å². The van der Waals surface area contributed by atoms with Gasteiger partial charge in [0.05, 0.1) is 86.2 Å². The largest absolute Gasteiger partial charge is 0.465 e. The maximum Gasteiger partial charge on any atom is 0.314 e. The van der Waals surface area contributed by atoms with E-state index in [1.54, 1.807) is 76.3 Å². The molecule has 0 aromatic carbocycles. The van der Waals surface area contributed by atoms with Crippen LogP contribution in [0.2, 0.25) is 0 Å². The second kappa shape index (κ2) is 29.7. The van der Waals surface area contributed by atoms with Crippen molar-refractivity contribution in [3.63, 3.8) is 0 Å². The van der Waals surface area contributed by atoms with Crippen molar-refractivity contribution in [2.45, 2.75) is 190 Å². The van der Waals surface area contributed by atoms with E-state index in [0.29, 0.717) is 6.42 Å². The highest BCUT2D eigenvalue weighted by molar-refractivity contribution is 5.74. The van der Waals surface area contributed by atoms with Crippen molar-refractivity contribution in [2.24, 2.45) is 23.5 Å². The Morgan fingerprint density at radius 2 is 1.28 bits per heavy atom. The van der Waals surface area contributed by atoms with Gasteiger partial charge >= 0.3 is 11.9 Å². The molecule has 68 heavy (non-hydrogen) atoms. The van der Waals surface area contributed by atoms with Crippen molar-refractivity contribution in [1.29, 1.82) is 0 Å². The van der Waals surface area contributed by atoms with Crippen LogP contribution in [0.25, 0.3) is 0 Å². The Bertz CT molecular complexity index is 1720. The monoisotopic (exact) mass is 966 g/mol. The fraction of sp³-hybridized carbons (Fsp3) is 0.680. The number of aliphatic hydroxyl groups is 10. The first-order chi connectivity index (χ1) is 32.2. The summed E-state index contributed by atoms with van der Waals surface area (Å²) >= 11 is 0. The topological polar surface area (TPSA) is 309 Å². The quantitative estimate of drug-likeness (QED) is 0.174. The van der Waals surface area contributed by atoms with Gasteiger partial charge in [-0.3, -0.25) is 9.59 Å². The minimum absolute atomic E-state index is 0.0350. The maximum absolute atomic E-state index is 13.4. The number of cyclic esters (lactones) is 1. The highest BCUT2D eigenvalue weighted by atomic mass is 16.7. The molecule has 3 rings (SSSR count). The summed E-state index contributed by atoms with van der Waals surface area (Å²) in [5, 5.41) is 109. The molecule has 0 radical (unpaired) electrons. The van der Waals surface area contributed by atoms with Crippen LogP contribution in [0.3, 0.4) is 0 Å². The predicted octanol–water partition coefficient (Wildman–Crippen LogP) is 1.58. The van der Waals surface area contributed by atoms with E-state index >= 15 is 0 Å². The number of fused-ring (bicyclic) bond motifs is 2. The summed E-state index contributed by atoms with van der Waals surface area (Å²) < 4.78 is 29.0. The Kier molecular flexibility index (Phi) is 25.7. The molecule has 0 saturated carbocycles. The van der Waals surface area contributed by atoms with Gasteiger partial charge in [-0.15, -0.1) is 0 Å². The average Bonchev–Trinajstić information content (AvgIpc) is 3.26. The number of allylic oxidation sites excluding steroid dienone is 12. The number of ether oxygens (including phenoxy) is 5. The fourth-order valence-electron chi connectivity index (χ4n) is 8.25. The van der Waals surface area contributed by atoms with Crippen LogP contribution in [0.4, 0.5) is 0 Å². The molecule has 0 unspecified atom stereocenters. The van der Waals surface area contributed by atoms with E-state index in [-0.39, 0.29) is 38.2 Å². The summed E-state index contributed by atoms with van der Waals surface area (Å²) in [6.07, 6.45) is 5.07. The van der Waals surface area contributed by atoms with E-state index in [1.165, 1.54) is 0 Å². The molecule has 0 amide bonds.